The SMILES string of the molecule is COc1ccc2ccc(S(=O)(=O)N(C)[C@H]3CCN(Cc4ccc(C(=N)N)s4)C3=O)cc2c1.O=C(O)C(F)(F)F. The predicted octanol–water partition coefficient (Wildman–Crippen LogP) is 3.25. The van der Waals surface area contributed by atoms with E-state index >= 15 is 0 Å². The first kappa shape index (κ1) is 29.9. The number of carboxylic acids is 1. The molecule has 0 bridgehead atoms. The van der Waals surface area contributed by atoms with Gasteiger partial charge in [-0.05, 0) is 53.6 Å². The van der Waals surface area contributed by atoms with Gasteiger partial charge in [-0.25, -0.2) is 13.2 Å². The number of carbonyl (C=O) groups excluding carboxylic acids is 1. The Labute approximate surface area is 225 Å². The molecule has 0 saturated carbocycles. The number of benzene rings is 2. The van der Waals surface area contributed by atoms with Crippen LogP contribution >= 0.6 is 11.3 Å². The third-order valence-electron chi connectivity index (χ3n) is 5.92. The van der Waals surface area contributed by atoms with Crippen LogP contribution in [0.5, 0.6) is 5.75 Å². The van der Waals surface area contributed by atoms with Crippen molar-refractivity contribution in [1.29, 1.82) is 5.41 Å². The number of fused-ring (bicyclic) bond motifs is 1. The summed E-state index contributed by atoms with van der Waals surface area (Å²) in [5, 5.41) is 16.3. The Morgan fingerprint density at radius 1 is 1.21 bits per heavy atom. The van der Waals surface area contributed by atoms with Gasteiger partial charge in [0.05, 0.1) is 23.4 Å². The van der Waals surface area contributed by atoms with Crippen LogP contribution in [-0.2, 0) is 26.2 Å². The van der Waals surface area contributed by atoms with Crippen LogP contribution in [0, 0.1) is 5.41 Å². The van der Waals surface area contributed by atoms with Crippen LogP contribution in [0.2, 0.25) is 0 Å². The maximum Gasteiger partial charge on any atom is 0.490 e. The number of carbonyl (C=O) groups is 2. The van der Waals surface area contributed by atoms with Crippen molar-refractivity contribution in [2.24, 2.45) is 5.73 Å². The molecule has 1 fully saturated rings. The second-order valence-electron chi connectivity index (χ2n) is 8.44. The van der Waals surface area contributed by atoms with E-state index in [1.807, 2.05) is 18.2 Å². The monoisotopic (exact) mass is 586 g/mol. The minimum absolute atomic E-state index is 0.00860. The Morgan fingerprint density at radius 2 is 1.85 bits per heavy atom. The number of amidine groups is 1. The van der Waals surface area contributed by atoms with Crippen molar-refractivity contribution in [3.63, 3.8) is 0 Å². The summed E-state index contributed by atoms with van der Waals surface area (Å²) in [7, 11) is -0.853. The molecule has 1 aliphatic rings. The summed E-state index contributed by atoms with van der Waals surface area (Å²) in [4.78, 5) is 25.2. The first-order valence-corrected chi connectivity index (χ1v) is 13.5. The number of rotatable bonds is 7. The Bertz CT molecular complexity index is 1510. The van der Waals surface area contributed by atoms with Gasteiger partial charge >= 0.3 is 12.1 Å². The minimum atomic E-state index is -5.08. The number of nitrogens with two attached hydrogens (primary N) is 1. The van der Waals surface area contributed by atoms with Gasteiger partial charge < -0.3 is 20.5 Å². The van der Waals surface area contributed by atoms with Gasteiger partial charge in [-0.2, -0.15) is 17.5 Å². The van der Waals surface area contributed by atoms with E-state index < -0.39 is 28.2 Å². The van der Waals surface area contributed by atoms with Gasteiger partial charge in [0, 0.05) is 18.5 Å². The number of nitrogen functional groups attached to an aromatic ring is 1. The van der Waals surface area contributed by atoms with E-state index in [-0.39, 0.29) is 16.6 Å². The van der Waals surface area contributed by atoms with Crippen LogP contribution < -0.4 is 10.5 Å². The molecule has 210 valence electrons. The van der Waals surface area contributed by atoms with Crippen molar-refractivity contribution in [3.05, 3.63) is 58.3 Å². The van der Waals surface area contributed by atoms with Gasteiger partial charge in [-0.15, -0.1) is 11.3 Å². The standard InChI is InChI=1S/C22H24N4O4S2.C2HF3O2/c1-25(19-9-10-26(22(19)27)13-17-6-8-20(31-17)21(23)24)32(28,29)18-7-4-14-3-5-16(30-2)11-15(14)12-18;3-2(4,5)1(6)7/h3-8,11-12,19H,9-10,13H2,1-2H3,(H3,23,24);(H,6,7)/t19-;/m0./s1. The zero-order valence-corrected chi connectivity index (χ0v) is 22.4. The molecule has 2 aromatic carbocycles. The number of sulfonamides is 1. The number of amides is 1. The maximum absolute atomic E-state index is 13.3. The number of alkyl halides is 3. The topological polar surface area (TPSA) is 154 Å². The summed E-state index contributed by atoms with van der Waals surface area (Å²) < 4.78 is 64.7. The van der Waals surface area contributed by atoms with Crippen LogP contribution in [-0.4, -0.2) is 73.4 Å². The molecule has 4 N–H and O–H groups in total. The molecule has 0 unspecified atom stereocenters. The lowest BCUT2D eigenvalue weighted by Gasteiger charge is -2.23. The van der Waals surface area contributed by atoms with Crippen LogP contribution in [0.1, 0.15) is 16.2 Å². The lowest BCUT2D eigenvalue weighted by Crippen LogP contribution is -2.42. The lowest BCUT2D eigenvalue weighted by molar-refractivity contribution is -0.192. The second-order valence-corrected chi connectivity index (χ2v) is 11.6. The molecule has 1 aliphatic heterocycles. The van der Waals surface area contributed by atoms with Gasteiger partial charge in [-0.3, -0.25) is 10.2 Å². The number of carboxylic acid groups (broad SMARTS) is 1. The van der Waals surface area contributed by atoms with Crippen LogP contribution in [0.15, 0.2) is 53.4 Å². The summed E-state index contributed by atoms with van der Waals surface area (Å²) in [6.07, 6.45) is -4.67. The van der Waals surface area contributed by atoms with Crippen molar-refractivity contribution < 1.29 is 41.0 Å². The van der Waals surface area contributed by atoms with Crippen LogP contribution in [0.4, 0.5) is 13.2 Å². The van der Waals surface area contributed by atoms with Crippen molar-refractivity contribution in [2.75, 3.05) is 20.7 Å². The van der Waals surface area contributed by atoms with Gasteiger partial charge in [0.2, 0.25) is 15.9 Å². The van der Waals surface area contributed by atoms with E-state index in [1.54, 1.807) is 42.3 Å². The number of hydrogen-bond acceptors (Lipinski definition) is 7. The third-order valence-corrected chi connectivity index (χ3v) is 8.89. The maximum atomic E-state index is 13.3. The fourth-order valence-electron chi connectivity index (χ4n) is 3.84. The summed E-state index contributed by atoms with van der Waals surface area (Å²) in [6.45, 7) is 0.836. The molecule has 15 heteroatoms. The molecule has 39 heavy (non-hydrogen) atoms. The quantitative estimate of drug-likeness (QED) is 0.284. The second kappa shape index (κ2) is 11.6. The first-order chi connectivity index (χ1) is 18.1. The largest absolute Gasteiger partial charge is 0.497 e. The normalized spacial score (nSPS) is 15.8. The number of likely N-dealkylation sites (tertiary alicyclic amines) is 1. The number of aliphatic carboxylic acids is 1. The number of nitrogens with zero attached hydrogens (tertiary/aromatic N) is 2. The molecular formula is C24H25F3N4O6S2. The van der Waals surface area contributed by atoms with Gasteiger partial charge in [0.15, 0.2) is 0 Å². The highest BCUT2D eigenvalue weighted by Crippen LogP contribution is 2.29. The first-order valence-electron chi connectivity index (χ1n) is 11.2. The van der Waals surface area contributed by atoms with Crippen molar-refractivity contribution >= 4 is 49.8 Å². The van der Waals surface area contributed by atoms with Gasteiger partial charge in [0.25, 0.3) is 0 Å². The fraction of sp³-hybridized carbons (Fsp3) is 0.292. The molecule has 0 spiro atoms. The average Bonchev–Trinajstić information content (AvgIpc) is 3.49. The molecule has 2 heterocycles. The van der Waals surface area contributed by atoms with Crippen LogP contribution in [0.3, 0.4) is 0 Å². The summed E-state index contributed by atoms with van der Waals surface area (Å²) in [6, 6.07) is 13.2. The van der Waals surface area contributed by atoms with E-state index in [0.29, 0.717) is 30.1 Å². The van der Waals surface area contributed by atoms with Crippen molar-refractivity contribution in [1.82, 2.24) is 9.21 Å². The lowest BCUT2D eigenvalue weighted by atomic mass is 10.1. The zero-order chi connectivity index (χ0) is 29.1. The number of hydrogen-bond donors (Lipinski definition) is 3. The molecule has 1 amide bonds. The molecule has 1 aromatic heterocycles. The molecule has 1 atom stereocenters. The number of methoxy groups -OCH3 is 1. The van der Waals surface area contributed by atoms with E-state index in [9.17, 15) is 26.4 Å². The van der Waals surface area contributed by atoms with E-state index in [2.05, 4.69) is 0 Å². The highest BCUT2D eigenvalue weighted by Gasteiger charge is 2.40. The highest BCUT2D eigenvalue weighted by molar-refractivity contribution is 7.89. The number of halogens is 3. The van der Waals surface area contributed by atoms with Crippen molar-refractivity contribution in [2.45, 2.75) is 30.1 Å². The Kier molecular flexibility index (Phi) is 8.87. The zero-order valence-electron chi connectivity index (χ0n) is 20.7. The van der Waals surface area contributed by atoms with E-state index in [0.717, 1.165) is 15.6 Å². The van der Waals surface area contributed by atoms with Crippen molar-refractivity contribution in [3.8, 4) is 5.75 Å². The summed E-state index contributed by atoms with van der Waals surface area (Å²) >= 11 is 1.36. The fourth-order valence-corrected chi connectivity index (χ4v) is 6.10. The minimum Gasteiger partial charge on any atom is -0.497 e. The smallest absolute Gasteiger partial charge is 0.490 e. The highest BCUT2D eigenvalue weighted by atomic mass is 32.2. The molecule has 10 nitrogen and oxygen atoms in total. The van der Waals surface area contributed by atoms with E-state index in [4.69, 9.17) is 25.8 Å². The van der Waals surface area contributed by atoms with Gasteiger partial charge in [-0.1, -0.05) is 12.1 Å². The van der Waals surface area contributed by atoms with E-state index in [1.165, 1.54) is 22.7 Å². The number of nitrogens with one attached hydrogen (secondary N) is 1. The Balaban J connectivity index is 0.000000532. The third kappa shape index (κ3) is 6.85. The van der Waals surface area contributed by atoms with Crippen LogP contribution in [0.25, 0.3) is 10.8 Å². The van der Waals surface area contributed by atoms with Gasteiger partial charge in [0.1, 0.15) is 17.6 Å². The Hall–Kier alpha value is -3.69. The number of thiophene rings is 1. The number of ether oxygens (including phenoxy) is 1. The molecule has 4 rings (SSSR count). The number of likely N-dealkylation sites (N-methyl/N-ethyl adjacent to an activating group) is 1. The summed E-state index contributed by atoms with van der Waals surface area (Å²) in [5.74, 6) is -2.35. The summed E-state index contributed by atoms with van der Waals surface area (Å²) in [5.41, 5.74) is 5.51. The Morgan fingerprint density at radius 3 is 2.41 bits per heavy atom. The molecular weight excluding hydrogens is 561 g/mol. The molecule has 3 aromatic rings. The molecule has 1 saturated heterocycles. The average molecular weight is 587 g/mol. The molecule has 0 radical (unpaired) electrons. The predicted molar refractivity (Wildman–Crippen MR) is 138 cm³/mol. The molecule has 0 aliphatic carbocycles.